The molecule has 0 aromatic carbocycles. The number of nitrogens with one attached hydrogen (secondary N) is 2. The van der Waals surface area contributed by atoms with Gasteiger partial charge in [0.05, 0.1) is 6.10 Å². The lowest BCUT2D eigenvalue weighted by atomic mass is 9.94. The van der Waals surface area contributed by atoms with Crippen molar-refractivity contribution in [3.63, 3.8) is 0 Å². The van der Waals surface area contributed by atoms with Gasteiger partial charge in [0.15, 0.2) is 0 Å². The first-order valence-corrected chi connectivity index (χ1v) is 7.20. The molecule has 3 N–H and O–H groups in total. The van der Waals surface area contributed by atoms with Crippen molar-refractivity contribution in [3.05, 3.63) is 0 Å². The summed E-state index contributed by atoms with van der Waals surface area (Å²) in [5.41, 5.74) is 0. The average Bonchev–Trinajstić information content (AvgIpc) is 2.32. The fourth-order valence-electron chi connectivity index (χ4n) is 2.03. The second-order valence-corrected chi connectivity index (χ2v) is 5.45. The second-order valence-electron chi connectivity index (χ2n) is 5.45. The number of hydrogen-bond acceptors (Lipinski definition) is 3. The number of hydrogen-bond donors (Lipinski definition) is 3. The van der Waals surface area contributed by atoms with Gasteiger partial charge in [0.1, 0.15) is 0 Å². The van der Waals surface area contributed by atoms with Gasteiger partial charge in [0.25, 0.3) is 0 Å². The molecule has 0 spiro atoms. The van der Waals surface area contributed by atoms with Crippen LogP contribution in [-0.2, 0) is 9.53 Å². The van der Waals surface area contributed by atoms with Crippen LogP contribution in [0.5, 0.6) is 0 Å². The molecule has 6 heteroatoms. The van der Waals surface area contributed by atoms with Crippen molar-refractivity contribution in [2.75, 3.05) is 19.7 Å². The first-order chi connectivity index (χ1) is 9.35. The Hall–Kier alpha value is -1.30. The Morgan fingerprint density at radius 1 is 1.15 bits per heavy atom. The van der Waals surface area contributed by atoms with E-state index in [1.165, 1.54) is 0 Å². The summed E-state index contributed by atoms with van der Waals surface area (Å²) in [7, 11) is 0. The maximum atomic E-state index is 11.6. The summed E-state index contributed by atoms with van der Waals surface area (Å²) in [4.78, 5) is 22.4. The Morgan fingerprint density at radius 2 is 1.75 bits per heavy atom. The SMILES string of the molecule is CCOC(C)CNC(=O)NCC(CC(=O)O)CC(C)C. The fourth-order valence-corrected chi connectivity index (χ4v) is 2.03. The van der Waals surface area contributed by atoms with Crippen molar-refractivity contribution in [1.29, 1.82) is 0 Å². The summed E-state index contributed by atoms with van der Waals surface area (Å²) in [6.45, 7) is 9.29. The number of ether oxygens (including phenoxy) is 1. The molecule has 0 rings (SSSR count). The molecule has 20 heavy (non-hydrogen) atoms. The highest BCUT2D eigenvalue weighted by atomic mass is 16.5. The van der Waals surface area contributed by atoms with Crippen LogP contribution < -0.4 is 10.6 Å². The molecule has 0 aliphatic heterocycles. The topological polar surface area (TPSA) is 87.7 Å². The van der Waals surface area contributed by atoms with Gasteiger partial charge in [0.2, 0.25) is 0 Å². The molecular formula is C14H28N2O4. The van der Waals surface area contributed by atoms with Crippen molar-refractivity contribution in [2.45, 2.75) is 46.6 Å². The normalized spacial score (nSPS) is 13.8. The van der Waals surface area contributed by atoms with Crippen LogP contribution in [0.2, 0.25) is 0 Å². The maximum absolute atomic E-state index is 11.6. The van der Waals surface area contributed by atoms with Gasteiger partial charge in [-0.05, 0) is 32.1 Å². The first-order valence-electron chi connectivity index (χ1n) is 7.20. The van der Waals surface area contributed by atoms with Crippen LogP contribution in [0.1, 0.15) is 40.5 Å². The monoisotopic (exact) mass is 288 g/mol. The van der Waals surface area contributed by atoms with E-state index in [1.54, 1.807) is 0 Å². The minimum absolute atomic E-state index is 0.0313. The Balaban J connectivity index is 4.00. The van der Waals surface area contributed by atoms with Crippen molar-refractivity contribution in [3.8, 4) is 0 Å². The van der Waals surface area contributed by atoms with E-state index in [0.717, 1.165) is 6.42 Å². The van der Waals surface area contributed by atoms with Gasteiger partial charge in [-0.2, -0.15) is 0 Å². The third-order valence-electron chi connectivity index (χ3n) is 2.82. The standard InChI is InChI=1S/C14H28N2O4/c1-5-20-11(4)8-15-14(19)16-9-12(6-10(2)3)7-13(17)18/h10-12H,5-9H2,1-4H3,(H,17,18)(H2,15,16,19). The van der Waals surface area contributed by atoms with Gasteiger partial charge in [-0.3, -0.25) is 4.79 Å². The summed E-state index contributed by atoms with van der Waals surface area (Å²) in [5.74, 6) is -0.465. The van der Waals surface area contributed by atoms with Crippen LogP contribution in [0.15, 0.2) is 0 Å². The van der Waals surface area contributed by atoms with Crippen molar-refractivity contribution >= 4 is 12.0 Å². The predicted molar refractivity (Wildman–Crippen MR) is 77.7 cm³/mol. The van der Waals surface area contributed by atoms with Crippen molar-refractivity contribution in [1.82, 2.24) is 10.6 Å². The van der Waals surface area contributed by atoms with E-state index < -0.39 is 5.97 Å². The number of carboxylic acids is 1. The minimum Gasteiger partial charge on any atom is -0.481 e. The highest BCUT2D eigenvalue weighted by Gasteiger charge is 2.16. The molecule has 118 valence electrons. The number of carbonyl (C=O) groups excluding carboxylic acids is 1. The van der Waals surface area contributed by atoms with Gasteiger partial charge in [-0.1, -0.05) is 13.8 Å². The highest BCUT2D eigenvalue weighted by Crippen LogP contribution is 2.14. The maximum Gasteiger partial charge on any atom is 0.314 e. The third kappa shape index (κ3) is 10.6. The van der Waals surface area contributed by atoms with Gasteiger partial charge in [-0.15, -0.1) is 0 Å². The van der Waals surface area contributed by atoms with E-state index in [-0.39, 0.29) is 24.5 Å². The van der Waals surface area contributed by atoms with E-state index >= 15 is 0 Å². The van der Waals surface area contributed by atoms with Gasteiger partial charge >= 0.3 is 12.0 Å². The summed E-state index contributed by atoms with van der Waals surface area (Å²) in [6, 6.07) is -0.282. The largest absolute Gasteiger partial charge is 0.481 e. The highest BCUT2D eigenvalue weighted by molar-refractivity contribution is 5.74. The van der Waals surface area contributed by atoms with Crippen molar-refractivity contribution in [2.24, 2.45) is 11.8 Å². The summed E-state index contributed by atoms with van der Waals surface area (Å²) in [5, 5.41) is 14.3. The molecular weight excluding hydrogens is 260 g/mol. The molecule has 0 radical (unpaired) electrons. The zero-order chi connectivity index (χ0) is 15.5. The third-order valence-corrected chi connectivity index (χ3v) is 2.82. The molecule has 0 saturated heterocycles. The van der Waals surface area contributed by atoms with Crippen LogP contribution in [0.4, 0.5) is 4.79 Å². The van der Waals surface area contributed by atoms with Crippen LogP contribution in [0.25, 0.3) is 0 Å². The smallest absolute Gasteiger partial charge is 0.314 e. The number of aliphatic carboxylic acids is 1. The number of carboxylic acid groups (broad SMARTS) is 1. The number of carbonyl (C=O) groups is 2. The number of urea groups is 1. The molecule has 0 bridgehead atoms. The zero-order valence-electron chi connectivity index (χ0n) is 12.9. The van der Waals surface area contributed by atoms with E-state index in [1.807, 2.05) is 27.7 Å². The molecule has 0 saturated carbocycles. The second kappa shape index (κ2) is 10.5. The molecule has 0 aliphatic rings. The summed E-state index contributed by atoms with van der Waals surface area (Å²) in [6.07, 6.45) is 0.826. The van der Waals surface area contributed by atoms with E-state index in [0.29, 0.717) is 25.6 Å². The lowest BCUT2D eigenvalue weighted by Gasteiger charge is -2.18. The molecule has 2 amide bonds. The number of rotatable bonds is 10. The van der Waals surface area contributed by atoms with Crippen molar-refractivity contribution < 1.29 is 19.4 Å². The molecule has 6 nitrogen and oxygen atoms in total. The molecule has 0 aromatic heterocycles. The quantitative estimate of drug-likeness (QED) is 0.572. The molecule has 2 atom stereocenters. The Bertz CT molecular complexity index is 295. The molecule has 0 heterocycles. The number of amides is 2. The molecule has 0 aromatic rings. The average molecular weight is 288 g/mol. The van der Waals surface area contributed by atoms with E-state index in [2.05, 4.69) is 10.6 Å². The summed E-state index contributed by atoms with van der Waals surface area (Å²) < 4.78 is 5.30. The Morgan fingerprint density at radius 3 is 2.25 bits per heavy atom. The van der Waals surface area contributed by atoms with E-state index in [9.17, 15) is 9.59 Å². The van der Waals surface area contributed by atoms with Gasteiger partial charge < -0.3 is 20.5 Å². The van der Waals surface area contributed by atoms with Gasteiger partial charge in [-0.25, -0.2) is 4.79 Å². The Kier molecular flexibility index (Phi) is 9.80. The Labute approximate surface area is 121 Å². The zero-order valence-corrected chi connectivity index (χ0v) is 12.9. The summed E-state index contributed by atoms with van der Waals surface area (Å²) >= 11 is 0. The molecule has 2 unspecified atom stereocenters. The van der Waals surface area contributed by atoms with Crippen LogP contribution in [-0.4, -0.2) is 42.9 Å². The minimum atomic E-state index is -0.831. The molecule has 0 fully saturated rings. The predicted octanol–water partition coefficient (Wildman–Crippen LogP) is 1.85. The van der Waals surface area contributed by atoms with Crippen LogP contribution in [0.3, 0.4) is 0 Å². The molecule has 0 aliphatic carbocycles. The van der Waals surface area contributed by atoms with Crippen LogP contribution in [0, 0.1) is 11.8 Å². The first kappa shape index (κ1) is 18.7. The van der Waals surface area contributed by atoms with E-state index in [4.69, 9.17) is 9.84 Å². The lowest BCUT2D eigenvalue weighted by Crippen LogP contribution is -2.42. The van der Waals surface area contributed by atoms with Gasteiger partial charge in [0, 0.05) is 26.1 Å². The fraction of sp³-hybridized carbons (Fsp3) is 0.857. The lowest BCUT2D eigenvalue weighted by molar-refractivity contribution is -0.138. The van der Waals surface area contributed by atoms with Crippen LogP contribution >= 0.6 is 0 Å².